The summed E-state index contributed by atoms with van der Waals surface area (Å²) in [5, 5.41) is 4.66. The molecule has 3 rings (SSSR count). The smallest absolute Gasteiger partial charge is 0.331 e. The summed E-state index contributed by atoms with van der Waals surface area (Å²) in [5.74, 6) is -0.555. The molecule has 0 fully saturated rings. The van der Waals surface area contributed by atoms with E-state index in [-0.39, 0.29) is 5.78 Å². The highest BCUT2D eigenvalue weighted by molar-refractivity contribution is 5.92. The molecule has 1 unspecified atom stereocenters. The van der Waals surface area contributed by atoms with Gasteiger partial charge in [-0.15, -0.1) is 0 Å². The summed E-state index contributed by atoms with van der Waals surface area (Å²) in [6.07, 6.45) is 3.27. The number of fused-ring (bicyclic) bond motifs is 1. The molecular formula is C26H25NO5. The highest BCUT2D eigenvalue weighted by Gasteiger charge is 2.18. The molecule has 0 aliphatic rings. The van der Waals surface area contributed by atoms with Gasteiger partial charge in [-0.1, -0.05) is 48.5 Å². The molecule has 0 heterocycles. The van der Waals surface area contributed by atoms with Crippen molar-refractivity contribution in [2.75, 3.05) is 13.7 Å². The number of ketones is 1. The Morgan fingerprint density at radius 3 is 2.41 bits per heavy atom. The molecule has 3 aromatic rings. The van der Waals surface area contributed by atoms with Crippen molar-refractivity contribution in [3.05, 3.63) is 83.9 Å². The maximum absolute atomic E-state index is 12.2. The van der Waals surface area contributed by atoms with Crippen molar-refractivity contribution < 1.29 is 23.9 Å². The van der Waals surface area contributed by atoms with Crippen molar-refractivity contribution in [1.82, 2.24) is 5.32 Å². The number of methoxy groups -OCH3 is 1. The lowest BCUT2D eigenvalue weighted by molar-refractivity contribution is -0.144. The molecule has 0 radical (unpaired) electrons. The molecule has 1 amide bonds. The largest absolute Gasteiger partial charge is 0.497 e. The van der Waals surface area contributed by atoms with Crippen LogP contribution in [0.5, 0.6) is 5.75 Å². The zero-order valence-corrected chi connectivity index (χ0v) is 18.0. The van der Waals surface area contributed by atoms with Gasteiger partial charge in [-0.05, 0) is 59.5 Å². The number of benzene rings is 3. The van der Waals surface area contributed by atoms with Crippen LogP contribution in [0.25, 0.3) is 16.8 Å². The topological polar surface area (TPSA) is 81.7 Å². The van der Waals surface area contributed by atoms with Gasteiger partial charge in [0.25, 0.3) is 5.91 Å². The fourth-order valence-electron chi connectivity index (χ4n) is 3.20. The van der Waals surface area contributed by atoms with Crippen molar-refractivity contribution >= 4 is 34.5 Å². The van der Waals surface area contributed by atoms with E-state index in [9.17, 15) is 14.4 Å². The number of rotatable bonds is 9. The Morgan fingerprint density at radius 1 is 0.969 bits per heavy atom. The molecular weight excluding hydrogens is 406 g/mol. The third-order valence-corrected chi connectivity index (χ3v) is 4.94. The summed E-state index contributed by atoms with van der Waals surface area (Å²) >= 11 is 0. The Labute approximate surface area is 186 Å². The van der Waals surface area contributed by atoms with Gasteiger partial charge in [0.1, 0.15) is 5.75 Å². The summed E-state index contributed by atoms with van der Waals surface area (Å²) < 4.78 is 10.2. The lowest BCUT2D eigenvalue weighted by Gasteiger charge is -2.16. The van der Waals surface area contributed by atoms with Crippen LogP contribution in [0.15, 0.2) is 72.8 Å². The van der Waals surface area contributed by atoms with Crippen molar-refractivity contribution in [3.8, 4) is 5.75 Å². The second-order valence-electron chi connectivity index (χ2n) is 7.33. The predicted octanol–water partition coefficient (Wildman–Crippen LogP) is 3.72. The van der Waals surface area contributed by atoms with Gasteiger partial charge in [0.15, 0.2) is 12.4 Å². The number of amides is 1. The van der Waals surface area contributed by atoms with Crippen LogP contribution >= 0.6 is 0 Å². The minimum atomic E-state index is -0.671. The third kappa shape index (κ3) is 6.54. The van der Waals surface area contributed by atoms with Crippen molar-refractivity contribution in [2.24, 2.45) is 0 Å². The first-order valence-electron chi connectivity index (χ1n) is 10.2. The number of Topliss-reactive ketones (excluding diaryl/α,β-unsaturated/α-hetero) is 1. The van der Waals surface area contributed by atoms with E-state index in [4.69, 9.17) is 9.47 Å². The third-order valence-electron chi connectivity index (χ3n) is 4.94. The molecule has 0 saturated carbocycles. The molecule has 32 heavy (non-hydrogen) atoms. The maximum Gasteiger partial charge on any atom is 0.331 e. The SMILES string of the molecule is COc1ccc2cc(/C=C/C(=O)OCC(=O)NC(Cc3ccccc3)C(C)=O)ccc2c1. The average Bonchev–Trinajstić information content (AvgIpc) is 2.81. The molecule has 1 atom stereocenters. The Kier molecular flexibility index (Phi) is 7.75. The quantitative estimate of drug-likeness (QED) is 0.413. The minimum Gasteiger partial charge on any atom is -0.497 e. The van der Waals surface area contributed by atoms with E-state index in [2.05, 4.69) is 5.32 Å². The number of carbonyl (C=O) groups excluding carboxylic acids is 3. The Balaban J connectivity index is 1.52. The van der Waals surface area contributed by atoms with Crippen LogP contribution in [-0.4, -0.2) is 37.4 Å². The van der Waals surface area contributed by atoms with Crippen LogP contribution < -0.4 is 10.1 Å². The van der Waals surface area contributed by atoms with Gasteiger partial charge < -0.3 is 14.8 Å². The van der Waals surface area contributed by atoms with Crippen molar-refractivity contribution in [1.29, 1.82) is 0 Å². The first-order valence-corrected chi connectivity index (χ1v) is 10.2. The van der Waals surface area contributed by atoms with Gasteiger partial charge in [0.2, 0.25) is 0 Å². The molecule has 1 N–H and O–H groups in total. The van der Waals surface area contributed by atoms with Gasteiger partial charge in [0.05, 0.1) is 13.2 Å². The molecule has 3 aromatic carbocycles. The van der Waals surface area contributed by atoms with Gasteiger partial charge >= 0.3 is 5.97 Å². The van der Waals surface area contributed by atoms with Crippen molar-refractivity contribution in [3.63, 3.8) is 0 Å². The van der Waals surface area contributed by atoms with Gasteiger partial charge in [0, 0.05) is 6.08 Å². The highest BCUT2D eigenvalue weighted by atomic mass is 16.5. The van der Waals surface area contributed by atoms with Crippen LogP contribution in [0.1, 0.15) is 18.1 Å². The zero-order valence-electron chi connectivity index (χ0n) is 18.0. The fourth-order valence-corrected chi connectivity index (χ4v) is 3.20. The molecule has 164 valence electrons. The molecule has 6 heteroatoms. The molecule has 0 aliphatic heterocycles. The molecule has 0 spiro atoms. The summed E-state index contributed by atoms with van der Waals surface area (Å²) in [6, 6.07) is 20.2. The van der Waals surface area contributed by atoms with E-state index in [0.29, 0.717) is 6.42 Å². The van der Waals surface area contributed by atoms with Gasteiger partial charge in [-0.25, -0.2) is 4.79 Å². The lowest BCUT2D eigenvalue weighted by Crippen LogP contribution is -2.43. The lowest BCUT2D eigenvalue weighted by atomic mass is 10.0. The first kappa shape index (κ1) is 22.7. The summed E-state index contributed by atoms with van der Waals surface area (Å²) in [5.41, 5.74) is 1.75. The maximum atomic E-state index is 12.2. The van der Waals surface area contributed by atoms with E-state index in [0.717, 1.165) is 27.6 Å². The normalized spacial score (nSPS) is 11.8. The number of hydrogen-bond donors (Lipinski definition) is 1. The Morgan fingerprint density at radius 2 is 1.69 bits per heavy atom. The Bertz CT molecular complexity index is 1140. The fraction of sp³-hybridized carbons (Fsp3) is 0.192. The van der Waals surface area contributed by atoms with Crippen LogP contribution in [0.4, 0.5) is 0 Å². The van der Waals surface area contributed by atoms with E-state index in [1.807, 2.05) is 66.7 Å². The van der Waals surface area contributed by atoms with Gasteiger partial charge in [-0.3, -0.25) is 9.59 Å². The highest BCUT2D eigenvalue weighted by Crippen LogP contribution is 2.22. The van der Waals surface area contributed by atoms with Crippen molar-refractivity contribution in [2.45, 2.75) is 19.4 Å². The summed E-state index contributed by atoms with van der Waals surface area (Å²) in [7, 11) is 1.62. The second-order valence-corrected chi connectivity index (χ2v) is 7.33. The summed E-state index contributed by atoms with van der Waals surface area (Å²) in [6.45, 7) is 0.960. The molecule has 6 nitrogen and oxygen atoms in total. The number of ether oxygens (including phenoxy) is 2. The Hall–Kier alpha value is -3.93. The average molecular weight is 431 g/mol. The number of hydrogen-bond acceptors (Lipinski definition) is 5. The van der Waals surface area contributed by atoms with E-state index >= 15 is 0 Å². The molecule has 0 saturated heterocycles. The van der Waals surface area contributed by atoms with Gasteiger partial charge in [-0.2, -0.15) is 0 Å². The van der Waals surface area contributed by atoms with Crippen LogP contribution in [0.3, 0.4) is 0 Å². The van der Waals surface area contributed by atoms with Crippen LogP contribution in [0, 0.1) is 0 Å². The standard InChI is InChI=1S/C26H25NO5/c1-18(28)24(15-19-6-4-3-5-7-19)27-25(29)17-32-26(30)13-9-20-8-10-22-16-23(31-2)12-11-21(22)14-20/h3-14,16,24H,15,17H2,1-2H3,(H,27,29)/b13-9+. The number of esters is 1. The second kappa shape index (κ2) is 10.9. The number of nitrogens with one attached hydrogen (secondary N) is 1. The monoisotopic (exact) mass is 431 g/mol. The summed E-state index contributed by atoms with van der Waals surface area (Å²) in [4.78, 5) is 36.0. The number of carbonyl (C=O) groups is 3. The van der Waals surface area contributed by atoms with E-state index < -0.39 is 24.5 Å². The predicted molar refractivity (Wildman–Crippen MR) is 123 cm³/mol. The van der Waals surface area contributed by atoms with Crippen LogP contribution in [0.2, 0.25) is 0 Å². The molecule has 0 aromatic heterocycles. The molecule has 0 aliphatic carbocycles. The van der Waals surface area contributed by atoms with E-state index in [1.165, 1.54) is 13.0 Å². The molecule has 0 bridgehead atoms. The first-order chi connectivity index (χ1) is 15.4. The van der Waals surface area contributed by atoms with Crippen LogP contribution in [-0.2, 0) is 25.5 Å². The minimum absolute atomic E-state index is 0.164. The van der Waals surface area contributed by atoms with E-state index in [1.54, 1.807) is 13.2 Å². The zero-order chi connectivity index (χ0) is 22.9.